The monoisotopic (exact) mass is 219 g/mol. The van der Waals surface area contributed by atoms with Gasteiger partial charge in [0.15, 0.2) is 17.4 Å². The van der Waals surface area contributed by atoms with Crippen LogP contribution in [0.5, 0.6) is 5.75 Å². The summed E-state index contributed by atoms with van der Waals surface area (Å²) in [5.74, 6) is -3.74. The van der Waals surface area contributed by atoms with Crippen LogP contribution in [0.3, 0.4) is 0 Å². The molecule has 2 nitrogen and oxygen atoms in total. The largest absolute Gasteiger partial charge is 0.480 e. The first kappa shape index (κ1) is 11.8. The summed E-state index contributed by atoms with van der Waals surface area (Å²) in [5, 5.41) is 0. The zero-order valence-electron chi connectivity index (χ0n) is 8.48. The second-order valence-electron chi connectivity index (χ2n) is 3.76. The van der Waals surface area contributed by atoms with Crippen molar-refractivity contribution in [2.45, 2.75) is 19.4 Å². The molecule has 0 bridgehead atoms. The second-order valence-corrected chi connectivity index (χ2v) is 3.76. The third kappa shape index (κ3) is 2.86. The lowest BCUT2D eigenvalue weighted by Crippen LogP contribution is -2.37. The summed E-state index contributed by atoms with van der Waals surface area (Å²) in [6, 6.07) is 1.12. The summed E-state index contributed by atoms with van der Waals surface area (Å²) in [7, 11) is 0. The Morgan fingerprint density at radius 2 is 1.67 bits per heavy atom. The van der Waals surface area contributed by atoms with Crippen LogP contribution < -0.4 is 10.5 Å². The van der Waals surface area contributed by atoms with Crippen LogP contribution in [-0.2, 0) is 0 Å². The SMILES string of the molecule is CC(C)(CN)Oc1c(F)cc(F)cc1F. The molecule has 84 valence electrons. The van der Waals surface area contributed by atoms with Crippen LogP contribution in [0.1, 0.15) is 13.8 Å². The minimum absolute atomic E-state index is 0.0866. The van der Waals surface area contributed by atoms with Gasteiger partial charge in [0, 0.05) is 18.7 Å². The summed E-state index contributed by atoms with van der Waals surface area (Å²) in [6.07, 6.45) is 0. The Morgan fingerprint density at radius 3 is 2.07 bits per heavy atom. The van der Waals surface area contributed by atoms with Gasteiger partial charge in [0.1, 0.15) is 11.4 Å². The molecule has 1 rings (SSSR count). The highest BCUT2D eigenvalue weighted by molar-refractivity contribution is 5.27. The van der Waals surface area contributed by atoms with E-state index in [-0.39, 0.29) is 6.54 Å². The molecule has 0 aliphatic rings. The van der Waals surface area contributed by atoms with Crippen LogP contribution >= 0.6 is 0 Å². The lowest BCUT2D eigenvalue weighted by atomic mass is 10.1. The zero-order valence-corrected chi connectivity index (χ0v) is 8.48. The molecule has 1 aromatic carbocycles. The van der Waals surface area contributed by atoms with Crippen molar-refractivity contribution in [3.8, 4) is 5.75 Å². The molecular formula is C10H12F3NO. The van der Waals surface area contributed by atoms with Crippen molar-refractivity contribution in [3.05, 3.63) is 29.6 Å². The number of halogens is 3. The Hall–Kier alpha value is -1.23. The molecule has 0 atom stereocenters. The van der Waals surface area contributed by atoms with E-state index < -0.39 is 28.8 Å². The Kier molecular flexibility index (Phi) is 3.24. The highest BCUT2D eigenvalue weighted by Gasteiger charge is 2.22. The van der Waals surface area contributed by atoms with Crippen LogP contribution in [0.4, 0.5) is 13.2 Å². The predicted molar refractivity (Wildman–Crippen MR) is 50.1 cm³/mol. The van der Waals surface area contributed by atoms with Gasteiger partial charge in [-0.05, 0) is 13.8 Å². The number of benzene rings is 1. The van der Waals surface area contributed by atoms with E-state index in [1.807, 2.05) is 0 Å². The van der Waals surface area contributed by atoms with Crippen molar-refractivity contribution in [2.24, 2.45) is 5.73 Å². The van der Waals surface area contributed by atoms with Crippen LogP contribution in [0.2, 0.25) is 0 Å². The standard InChI is InChI=1S/C10H12F3NO/c1-10(2,5-14)15-9-7(12)3-6(11)4-8(9)13/h3-4H,5,14H2,1-2H3. The molecule has 5 heteroatoms. The molecule has 0 heterocycles. The highest BCUT2D eigenvalue weighted by atomic mass is 19.1. The second kappa shape index (κ2) is 4.10. The van der Waals surface area contributed by atoms with E-state index in [1.165, 1.54) is 0 Å². The van der Waals surface area contributed by atoms with Crippen LogP contribution in [-0.4, -0.2) is 12.1 Å². The average molecular weight is 219 g/mol. The number of hydrogen-bond donors (Lipinski definition) is 1. The van der Waals surface area contributed by atoms with Crippen LogP contribution in [0.15, 0.2) is 12.1 Å². The molecule has 0 fully saturated rings. The molecule has 15 heavy (non-hydrogen) atoms. The number of ether oxygens (including phenoxy) is 1. The molecule has 0 aromatic heterocycles. The van der Waals surface area contributed by atoms with Crippen molar-refractivity contribution in [1.29, 1.82) is 0 Å². The number of rotatable bonds is 3. The van der Waals surface area contributed by atoms with Gasteiger partial charge >= 0.3 is 0 Å². The average Bonchev–Trinajstić information content (AvgIpc) is 2.11. The maximum Gasteiger partial charge on any atom is 0.191 e. The molecule has 0 amide bonds. The molecule has 2 N–H and O–H groups in total. The van der Waals surface area contributed by atoms with Gasteiger partial charge in [0.05, 0.1) is 0 Å². The Balaban J connectivity index is 3.05. The summed E-state index contributed by atoms with van der Waals surface area (Å²) in [4.78, 5) is 0. The quantitative estimate of drug-likeness (QED) is 0.845. The molecule has 0 spiro atoms. The van der Waals surface area contributed by atoms with E-state index in [9.17, 15) is 13.2 Å². The highest BCUT2D eigenvalue weighted by Crippen LogP contribution is 2.26. The van der Waals surface area contributed by atoms with E-state index in [2.05, 4.69) is 0 Å². The van der Waals surface area contributed by atoms with E-state index in [4.69, 9.17) is 10.5 Å². The summed E-state index contributed by atoms with van der Waals surface area (Å²) in [5.41, 5.74) is 4.44. The summed E-state index contributed by atoms with van der Waals surface area (Å²) >= 11 is 0. The van der Waals surface area contributed by atoms with E-state index in [0.717, 1.165) is 0 Å². The van der Waals surface area contributed by atoms with Crippen molar-refractivity contribution in [2.75, 3.05) is 6.54 Å². The zero-order chi connectivity index (χ0) is 11.6. The normalized spacial score (nSPS) is 11.6. The van der Waals surface area contributed by atoms with Gasteiger partial charge in [-0.25, -0.2) is 13.2 Å². The van der Waals surface area contributed by atoms with Gasteiger partial charge in [-0.15, -0.1) is 0 Å². The van der Waals surface area contributed by atoms with Crippen molar-refractivity contribution in [3.63, 3.8) is 0 Å². The molecule has 0 saturated heterocycles. The summed E-state index contributed by atoms with van der Waals surface area (Å²) in [6.45, 7) is 3.24. The van der Waals surface area contributed by atoms with Crippen molar-refractivity contribution >= 4 is 0 Å². The maximum absolute atomic E-state index is 13.1. The van der Waals surface area contributed by atoms with Gasteiger partial charge in [-0.1, -0.05) is 0 Å². The fourth-order valence-electron chi connectivity index (χ4n) is 0.944. The molecule has 0 unspecified atom stereocenters. The number of hydrogen-bond acceptors (Lipinski definition) is 2. The molecule has 0 saturated carbocycles. The molecule has 0 aliphatic heterocycles. The first-order valence-corrected chi connectivity index (χ1v) is 4.39. The van der Waals surface area contributed by atoms with E-state index >= 15 is 0 Å². The van der Waals surface area contributed by atoms with Gasteiger partial charge < -0.3 is 10.5 Å². The smallest absolute Gasteiger partial charge is 0.191 e. The minimum atomic E-state index is -1.07. The minimum Gasteiger partial charge on any atom is -0.480 e. The van der Waals surface area contributed by atoms with Gasteiger partial charge in [-0.3, -0.25) is 0 Å². The van der Waals surface area contributed by atoms with Crippen LogP contribution in [0.25, 0.3) is 0 Å². The molecule has 0 aliphatic carbocycles. The lowest BCUT2D eigenvalue weighted by molar-refractivity contribution is 0.106. The maximum atomic E-state index is 13.1. The third-order valence-electron chi connectivity index (χ3n) is 1.83. The van der Waals surface area contributed by atoms with Crippen LogP contribution in [0, 0.1) is 17.5 Å². The molecular weight excluding hydrogens is 207 g/mol. The van der Waals surface area contributed by atoms with Gasteiger partial charge in [0.25, 0.3) is 0 Å². The van der Waals surface area contributed by atoms with Crippen molar-refractivity contribution < 1.29 is 17.9 Å². The first-order chi connectivity index (χ1) is 6.85. The Morgan fingerprint density at radius 1 is 1.20 bits per heavy atom. The van der Waals surface area contributed by atoms with Gasteiger partial charge in [0.2, 0.25) is 0 Å². The Labute approximate surface area is 85.8 Å². The fourth-order valence-corrected chi connectivity index (χ4v) is 0.944. The topological polar surface area (TPSA) is 35.2 Å². The van der Waals surface area contributed by atoms with Gasteiger partial charge in [-0.2, -0.15) is 0 Å². The third-order valence-corrected chi connectivity index (χ3v) is 1.83. The van der Waals surface area contributed by atoms with E-state index in [0.29, 0.717) is 12.1 Å². The predicted octanol–water partition coefficient (Wildman–Crippen LogP) is 2.22. The molecule has 0 radical (unpaired) electrons. The van der Waals surface area contributed by atoms with E-state index in [1.54, 1.807) is 13.8 Å². The molecule has 1 aromatic rings. The lowest BCUT2D eigenvalue weighted by Gasteiger charge is -2.24. The Bertz CT molecular complexity index is 343. The number of nitrogens with two attached hydrogens (primary N) is 1. The first-order valence-electron chi connectivity index (χ1n) is 4.39. The fraction of sp³-hybridized carbons (Fsp3) is 0.400. The summed E-state index contributed by atoms with van der Waals surface area (Å²) < 4.78 is 43.9. The van der Waals surface area contributed by atoms with Crippen molar-refractivity contribution in [1.82, 2.24) is 0 Å².